The van der Waals surface area contributed by atoms with Gasteiger partial charge < -0.3 is 19.5 Å². The largest absolute Gasteiger partial charge is 0.379 e. The summed E-state index contributed by atoms with van der Waals surface area (Å²) in [7, 11) is -3.60. The Morgan fingerprint density at radius 2 is 1.94 bits per heavy atom. The molecule has 0 saturated carbocycles. The number of imidazole rings is 1. The smallest absolute Gasteiger partial charge is 0.228 e. The van der Waals surface area contributed by atoms with Gasteiger partial charge in [-0.1, -0.05) is 44.2 Å². The Morgan fingerprint density at radius 3 is 2.59 bits per heavy atom. The van der Waals surface area contributed by atoms with Crippen molar-refractivity contribution >= 4 is 27.2 Å². The number of morpholine rings is 1. The summed E-state index contributed by atoms with van der Waals surface area (Å²) in [6.45, 7) is 12.9. The van der Waals surface area contributed by atoms with Crippen LogP contribution in [0.15, 0.2) is 41.7 Å². The summed E-state index contributed by atoms with van der Waals surface area (Å²) in [6, 6.07) is 9.25. The van der Waals surface area contributed by atoms with E-state index in [0.29, 0.717) is 18.2 Å². The lowest BCUT2D eigenvalue weighted by Gasteiger charge is -2.31. The Bertz CT molecular complexity index is 1020. The van der Waals surface area contributed by atoms with Crippen LogP contribution in [0.2, 0.25) is 0 Å². The van der Waals surface area contributed by atoms with Gasteiger partial charge in [0.2, 0.25) is 15.0 Å². The number of sulfone groups is 1. The molecule has 1 aromatic heterocycles. The molecule has 0 unspecified atom stereocenters. The predicted octanol–water partition coefficient (Wildman–Crippen LogP) is 2.54. The topological polar surface area (TPSA) is 79.7 Å². The Kier molecular flexibility index (Phi) is 9.87. The van der Waals surface area contributed by atoms with E-state index in [1.807, 2.05) is 41.8 Å². The molecule has 188 valence electrons. The maximum absolute atomic E-state index is 13.3. The summed E-state index contributed by atoms with van der Waals surface area (Å²) in [6.07, 6.45) is 1.69. The number of hydrogen-bond acceptors (Lipinski definition) is 6. The first-order chi connectivity index (χ1) is 16.3. The minimum Gasteiger partial charge on any atom is -0.379 e. The number of rotatable bonds is 11. The monoisotopic (exact) mass is 507 g/mol. The molecule has 1 fully saturated rings. The molecule has 2 heterocycles. The van der Waals surface area contributed by atoms with Gasteiger partial charge in [-0.3, -0.25) is 4.90 Å². The van der Waals surface area contributed by atoms with Crippen LogP contribution >= 0.6 is 12.2 Å². The minimum atomic E-state index is -3.60. The van der Waals surface area contributed by atoms with Crippen molar-refractivity contribution in [1.29, 1.82) is 0 Å². The molecule has 1 aliphatic heterocycles. The van der Waals surface area contributed by atoms with E-state index in [4.69, 9.17) is 17.0 Å². The van der Waals surface area contributed by atoms with Crippen LogP contribution in [0.1, 0.15) is 32.0 Å². The van der Waals surface area contributed by atoms with Gasteiger partial charge in [0.1, 0.15) is 0 Å². The fourth-order valence-corrected chi connectivity index (χ4v) is 5.78. The second-order valence-corrected chi connectivity index (χ2v) is 11.3. The standard InChI is InChI=1S/C24H37N5O3S2/c1-4-25-23(33)28(11-10-27-12-14-32-15-13-27)18-22-16-26-24(29(22)17-20(2)3)34(30,31)19-21-8-6-5-7-9-21/h5-9,16,20H,4,10-15,17-19H2,1-3H3,(H,25,33). The van der Waals surface area contributed by atoms with E-state index in [1.54, 1.807) is 6.20 Å². The number of nitrogens with one attached hydrogen (secondary N) is 1. The van der Waals surface area contributed by atoms with Gasteiger partial charge in [-0.2, -0.15) is 0 Å². The second-order valence-electron chi connectivity index (χ2n) is 8.99. The summed E-state index contributed by atoms with van der Waals surface area (Å²) in [5.74, 6) is 0.194. The van der Waals surface area contributed by atoms with Crippen molar-refractivity contribution in [1.82, 2.24) is 24.7 Å². The van der Waals surface area contributed by atoms with Crippen LogP contribution in [0.4, 0.5) is 0 Å². The van der Waals surface area contributed by atoms with Crippen LogP contribution in [0.3, 0.4) is 0 Å². The number of ether oxygens (including phenoxy) is 1. The molecule has 1 aromatic carbocycles. The molecule has 0 atom stereocenters. The molecule has 34 heavy (non-hydrogen) atoms. The fraction of sp³-hybridized carbons (Fsp3) is 0.583. The molecule has 1 aliphatic rings. The summed E-state index contributed by atoms with van der Waals surface area (Å²) < 4.78 is 34.0. The third kappa shape index (κ3) is 7.49. The molecule has 0 bridgehead atoms. The number of thiocarbonyl (C=S) groups is 1. The third-order valence-electron chi connectivity index (χ3n) is 5.68. The van der Waals surface area contributed by atoms with Crippen LogP contribution in [-0.4, -0.2) is 78.8 Å². The van der Waals surface area contributed by atoms with Crippen LogP contribution in [0, 0.1) is 5.92 Å². The molecule has 0 radical (unpaired) electrons. The van der Waals surface area contributed by atoms with Gasteiger partial charge in [-0.25, -0.2) is 13.4 Å². The highest BCUT2D eigenvalue weighted by molar-refractivity contribution is 7.90. The SMILES string of the molecule is CCNC(=S)N(CCN1CCOCC1)Cc1cnc(S(=O)(=O)Cc2ccccc2)n1CC(C)C. The first kappa shape index (κ1) is 26.6. The molecule has 1 saturated heterocycles. The molecular weight excluding hydrogens is 470 g/mol. The molecule has 1 N–H and O–H groups in total. The van der Waals surface area contributed by atoms with Gasteiger partial charge in [-0.15, -0.1) is 0 Å². The molecule has 2 aromatic rings. The maximum Gasteiger partial charge on any atom is 0.228 e. The van der Waals surface area contributed by atoms with Gasteiger partial charge in [0, 0.05) is 39.3 Å². The lowest BCUT2D eigenvalue weighted by Crippen LogP contribution is -2.46. The zero-order valence-electron chi connectivity index (χ0n) is 20.4. The lowest BCUT2D eigenvalue weighted by molar-refractivity contribution is 0.0356. The van der Waals surface area contributed by atoms with Crippen molar-refractivity contribution in [3.8, 4) is 0 Å². The highest BCUT2D eigenvalue weighted by Crippen LogP contribution is 2.20. The van der Waals surface area contributed by atoms with Crippen molar-refractivity contribution in [2.45, 2.75) is 44.8 Å². The highest BCUT2D eigenvalue weighted by Gasteiger charge is 2.26. The van der Waals surface area contributed by atoms with Crippen molar-refractivity contribution in [3.05, 3.63) is 47.8 Å². The van der Waals surface area contributed by atoms with Crippen molar-refractivity contribution in [2.75, 3.05) is 45.9 Å². The lowest BCUT2D eigenvalue weighted by atomic mass is 10.2. The van der Waals surface area contributed by atoms with Crippen LogP contribution in [0.5, 0.6) is 0 Å². The summed E-state index contributed by atoms with van der Waals surface area (Å²) in [4.78, 5) is 8.88. The van der Waals surface area contributed by atoms with Crippen molar-refractivity contribution in [2.24, 2.45) is 5.92 Å². The van der Waals surface area contributed by atoms with Crippen LogP contribution in [0.25, 0.3) is 0 Å². The number of benzene rings is 1. The fourth-order valence-electron chi connectivity index (χ4n) is 3.98. The number of aromatic nitrogens is 2. The zero-order chi connectivity index (χ0) is 24.6. The molecule has 0 aliphatic carbocycles. The van der Waals surface area contributed by atoms with Gasteiger partial charge >= 0.3 is 0 Å². The molecule has 0 amide bonds. The minimum absolute atomic E-state index is 0.0705. The number of nitrogens with zero attached hydrogens (tertiary/aromatic N) is 4. The molecule has 3 rings (SSSR count). The number of hydrogen-bond donors (Lipinski definition) is 1. The Balaban J connectivity index is 1.83. The van der Waals surface area contributed by atoms with Gasteiger partial charge in [0.25, 0.3) is 0 Å². The van der Waals surface area contributed by atoms with Crippen LogP contribution < -0.4 is 5.32 Å². The van der Waals surface area contributed by atoms with E-state index in [0.717, 1.165) is 57.2 Å². The molecular formula is C24H37N5O3S2. The Morgan fingerprint density at radius 1 is 1.24 bits per heavy atom. The van der Waals surface area contributed by atoms with E-state index < -0.39 is 9.84 Å². The predicted molar refractivity (Wildman–Crippen MR) is 138 cm³/mol. The quantitative estimate of drug-likeness (QED) is 0.465. The third-order valence-corrected chi connectivity index (χ3v) is 7.68. The van der Waals surface area contributed by atoms with Crippen molar-refractivity contribution < 1.29 is 13.2 Å². The first-order valence-corrected chi connectivity index (χ1v) is 14.0. The highest BCUT2D eigenvalue weighted by atomic mass is 32.2. The van der Waals surface area contributed by atoms with Gasteiger partial charge in [0.05, 0.1) is 37.4 Å². The van der Waals surface area contributed by atoms with E-state index in [9.17, 15) is 8.42 Å². The van der Waals surface area contributed by atoms with E-state index in [1.165, 1.54) is 0 Å². The van der Waals surface area contributed by atoms with Gasteiger partial charge in [0.15, 0.2) is 5.11 Å². The average Bonchev–Trinajstić information content (AvgIpc) is 3.20. The van der Waals surface area contributed by atoms with Gasteiger partial charge in [-0.05, 0) is 30.6 Å². The van der Waals surface area contributed by atoms with Crippen LogP contribution in [-0.2, 0) is 33.4 Å². The summed E-state index contributed by atoms with van der Waals surface area (Å²) in [5.41, 5.74) is 1.60. The van der Waals surface area contributed by atoms with E-state index in [-0.39, 0.29) is 16.8 Å². The zero-order valence-corrected chi connectivity index (χ0v) is 22.1. The summed E-state index contributed by atoms with van der Waals surface area (Å²) in [5, 5.41) is 4.05. The Hall–Kier alpha value is -2.01. The average molecular weight is 508 g/mol. The summed E-state index contributed by atoms with van der Waals surface area (Å²) >= 11 is 5.66. The first-order valence-electron chi connectivity index (χ1n) is 11.9. The molecule has 0 spiro atoms. The van der Waals surface area contributed by atoms with E-state index >= 15 is 0 Å². The second kappa shape index (κ2) is 12.6. The van der Waals surface area contributed by atoms with E-state index in [2.05, 4.69) is 33.9 Å². The normalized spacial score (nSPS) is 14.9. The molecule has 10 heteroatoms. The van der Waals surface area contributed by atoms with Crippen molar-refractivity contribution in [3.63, 3.8) is 0 Å². The maximum atomic E-state index is 13.3. The Labute approximate surface area is 209 Å². The molecule has 8 nitrogen and oxygen atoms in total.